The lowest BCUT2D eigenvalue weighted by atomic mass is 10.1. The van der Waals surface area contributed by atoms with Gasteiger partial charge in [-0.1, -0.05) is 0 Å². The van der Waals surface area contributed by atoms with Crippen LogP contribution < -0.4 is 20.1 Å². The first kappa shape index (κ1) is 16.8. The third-order valence-electron chi connectivity index (χ3n) is 3.16. The molecule has 23 heavy (non-hydrogen) atoms. The molecule has 0 heterocycles. The fraction of sp³-hybridized carbons (Fsp3) is 0.176. The van der Waals surface area contributed by atoms with E-state index in [0.29, 0.717) is 22.2 Å². The Balaban J connectivity index is 2.05. The number of ether oxygens (including phenoxy) is 2. The zero-order valence-electron chi connectivity index (χ0n) is 13.2. The van der Waals surface area contributed by atoms with E-state index in [1.54, 1.807) is 44.6 Å². The van der Waals surface area contributed by atoms with Crippen LogP contribution in [0.1, 0.15) is 17.3 Å². The molecule has 120 valence electrons. The van der Waals surface area contributed by atoms with Crippen LogP contribution in [0.5, 0.6) is 11.5 Å². The van der Waals surface area contributed by atoms with Crippen LogP contribution >= 0.6 is 12.2 Å². The van der Waals surface area contributed by atoms with Gasteiger partial charge in [-0.25, -0.2) is 0 Å². The number of rotatable bonds is 5. The Kier molecular flexibility index (Phi) is 5.54. The van der Waals surface area contributed by atoms with E-state index in [-0.39, 0.29) is 5.78 Å². The van der Waals surface area contributed by atoms with Gasteiger partial charge < -0.3 is 20.1 Å². The van der Waals surface area contributed by atoms with Gasteiger partial charge in [0, 0.05) is 35.1 Å². The number of carbonyl (C=O) groups excluding carboxylic acids is 1. The second-order valence-electron chi connectivity index (χ2n) is 4.81. The Hall–Kier alpha value is -2.60. The van der Waals surface area contributed by atoms with E-state index in [4.69, 9.17) is 21.7 Å². The molecule has 0 atom stereocenters. The van der Waals surface area contributed by atoms with Gasteiger partial charge in [0.05, 0.1) is 14.2 Å². The number of anilines is 2. The Bertz CT molecular complexity index is 692. The molecule has 0 aliphatic rings. The topological polar surface area (TPSA) is 59.6 Å². The Morgan fingerprint density at radius 2 is 1.43 bits per heavy atom. The van der Waals surface area contributed by atoms with Crippen molar-refractivity contribution < 1.29 is 14.3 Å². The van der Waals surface area contributed by atoms with Gasteiger partial charge in [0.25, 0.3) is 0 Å². The number of Topliss-reactive ketones (excluding diaryl/α,β-unsaturated/α-hetero) is 1. The molecule has 2 aromatic carbocycles. The molecule has 0 amide bonds. The first-order valence-electron chi connectivity index (χ1n) is 6.94. The average Bonchev–Trinajstić information content (AvgIpc) is 2.54. The Morgan fingerprint density at radius 3 is 1.91 bits per heavy atom. The molecule has 0 spiro atoms. The summed E-state index contributed by atoms with van der Waals surface area (Å²) < 4.78 is 10.4. The molecule has 2 N–H and O–H groups in total. The predicted octanol–water partition coefficient (Wildman–Crippen LogP) is 3.72. The zero-order chi connectivity index (χ0) is 16.8. The zero-order valence-corrected chi connectivity index (χ0v) is 14.0. The predicted molar refractivity (Wildman–Crippen MR) is 95.8 cm³/mol. The normalized spacial score (nSPS) is 9.87. The number of methoxy groups -OCH3 is 2. The number of hydrogen-bond acceptors (Lipinski definition) is 4. The van der Waals surface area contributed by atoms with Gasteiger partial charge in [0.1, 0.15) is 11.5 Å². The van der Waals surface area contributed by atoms with Crippen LogP contribution in [0.3, 0.4) is 0 Å². The van der Waals surface area contributed by atoms with Crippen molar-refractivity contribution in [3.05, 3.63) is 48.0 Å². The molecular formula is C17H18N2O3S. The highest BCUT2D eigenvalue weighted by atomic mass is 32.1. The van der Waals surface area contributed by atoms with Crippen LogP contribution in [0.4, 0.5) is 11.4 Å². The minimum Gasteiger partial charge on any atom is -0.497 e. The van der Waals surface area contributed by atoms with E-state index >= 15 is 0 Å². The summed E-state index contributed by atoms with van der Waals surface area (Å²) in [5.41, 5.74) is 2.20. The summed E-state index contributed by atoms with van der Waals surface area (Å²) in [4.78, 5) is 11.3. The molecule has 6 heteroatoms. The van der Waals surface area contributed by atoms with E-state index in [9.17, 15) is 4.79 Å². The van der Waals surface area contributed by atoms with E-state index in [2.05, 4.69) is 10.6 Å². The number of nitrogens with one attached hydrogen (secondary N) is 2. The first-order valence-corrected chi connectivity index (χ1v) is 7.34. The smallest absolute Gasteiger partial charge is 0.175 e. The summed E-state index contributed by atoms with van der Waals surface area (Å²) in [5.74, 6) is 1.36. The fourth-order valence-electron chi connectivity index (χ4n) is 1.96. The molecule has 0 bridgehead atoms. The lowest BCUT2D eigenvalue weighted by molar-refractivity contribution is 0.101. The number of benzene rings is 2. The van der Waals surface area contributed by atoms with E-state index in [0.717, 1.165) is 11.4 Å². The summed E-state index contributed by atoms with van der Waals surface area (Å²) >= 11 is 5.29. The summed E-state index contributed by atoms with van der Waals surface area (Å²) in [5, 5.41) is 6.56. The van der Waals surface area contributed by atoms with Gasteiger partial charge >= 0.3 is 0 Å². The fourth-order valence-corrected chi connectivity index (χ4v) is 2.20. The van der Waals surface area contributed by atoms with Crippen molar-refractivity contribution >= 4 is 34.5 Å². The van der Waals surface area contributed by atoms with Crippen molar-refractivity contribution in [2.24, 2.45) is 0 Å². The lowest BCUT2D eigenvalue weighted by Gasteiger charge is -2.13. The minimum atomic E-state index is 0.0285. The van der Waals surface area contributed by atoms with Crippen LogP contribution in [0, 0.1) is 0 Å². The summed E-state index contributed by atoms with van der Waals surface area (Å²) in [6.07, 6.45) is 0. The minimum absolute atomic E-state index is 0.0285. The maximum absolute atomic E-state index is 11.3. The summed E-state index contributed by atoms with van der Waals surface area (Å²) in [7, 11) is 3.18. The van der Waals surface area contributed by atoms with Crippen LogP contribution in [-0.2, 0) is 0 Å². The van der Waals surface area contributed by atoms with Gasteiger partial charge in [-0.05, 0) is 43.4 Å². The second-order valence-corrected chi connectivity index (χ2v) is 5.22. The number of ketones is 1. The average molecular weight is 330 g/mol. The highest BCUT2D eigenvalue weighted by molar-refractivity contribution is 7.80. The largest absolute Gasteiger partial charge is 0.497 e. The number of thiocarbonyl (C=S) groups is 1. The molecule has 2 rings (SSSR count). The molecule has 0 radical (unpaired) electrons. The third kappa shape index (κ3) is 4.69. The van der Waals surface area contributed by atoms with Gasteiger partial charge in [0.15, 0.2) is 10.9 Å². The van der Waals surface area contributed by atoms with E-state index < -0.39 is 0 Å². The van der Waals surface area contributed by atoms with Crippen LogP contribution in [0.25, 0.3) is 0 Å². The highest BCUT2D eigenvalue weighted by Crippen LogP contribution is 2.25. The highest BCUT2D eigenvalue weighted by Gasteiger charge is 2.05. The maximum Gasteiger partial charge on any atom is 0.175 e. The molecule has 0 aliphatic heterocycles. The van der Waals surface area contributed by atoms with Crippen molar-refractivity contribution in [3.63, 3.8) is 0 Å². The van der Waals surface area contributed by atoms with Crippen molar-refractivity contribution in [2.75, 3.05) is 24.9 Å². The number of carbonyl (C=O) groups is 1. The molecular weight excluding hydrogens is 312 g/mol. The van der Waals surface area contributed by atoms with Gasteiger partial charge in [-0.3, -0.25) is 4.79 Å². The molecule has 0 aromatic heterocycles. The van der Waals surface area contributed by atoms with Gasteiger partial charge in [0.2, 0.25) is 0 Å². The summed E-state index contributed by atoms with van der Waals surface area (Å²) in [6, 6.07) is 12.5. The Labute approximate surface area is 140 Å². The van der Waals surface area contributed by atoms with Crippen LogP contribution in [-0.4, -0.2) is 25.1 Å². The Morgan fingerprint density at radius 1 is 0.913 bits per heavy atom. The molecule has 0 saturated carbocycles. The van der Waals surface area contributed by atoms with Crippen LogP contribution in [0.15, 0.2) is 42.5 Å². The van der Waals surface area contributed by atoms with Gasteiger partial charge in [-0.2, -0.15) is 0 Å². The molecule has 0 unspecified atom stereocenters. The molecule has 0 fully saturated rings. The molecule has 0 saturated heterocycles. The molecule has 0 aliphatic carbocycles. The van der Waals surface area contributed by atoms with Crippen molar-refractivity contribution in [1.82, 2.24) is 0 Å². The quantitative estimate of drug-likeness (QED) is 0.644. The standard InChI is InChI=1S/C17H18N2O3S/c1-11(20)12-4-6-13(7-5-12)18-17(23)19-14-8-15(21-2)10-16(9-14)22-3/h4-10H,1-3H3,(H2,18,19,23). The van der Waals surface area contributed by atoms with E-state index in [1.165, 1.54) is 6.92 Å². The lowest BCUT2D eigenvalue weighted by Crippen LogP contribution is -2.19. The maximum atomic E-state index is 11.3. The molecule has 2 aromatic rings. The second kappa shape index (κ2) is 7.60. The molecule has 5 nitrogen and oxygen atoms in total. The SMILES string of the molecule is COc1cc(NC(=S)Nc2ccc(C(C)=O)cc2)cc(OC)c1. The van der Waals surface area contributed by atoms with Crippen molar-refractivity contribution in [3.8, 4) is 11.5 Å². The monoisotopic (exact) mass is 330 g/mol. The van der Waals surface area contributed by atoms with E-state index in [1.807, 2.05) is 12.1 Å². The number of hydrogen-bond donors (Lipinski definition) is 2. The van der Waals surface area contributed by atoms with Gasteiger partial charge in [-0.15, -0.1) is 0 Å². The summed E-state index contributed by atoms with van der Waals surface area (Å²) in [6.45, 7) is 1.53. The van der Waals surface area contributed by atoms with Crippen LogP contribution in [0.2, 0.25) is 0 Å². The third-order valence-corrected chi connectivity index (χ3v) is 3.36. The first-order chi connectivity index (χ1) is 11.0. The van der Waals surface area contributed by atoms with Crippen molar-refractivity contribution in [2.45, 2.75) is 6.92 Å². The van der Waals surface area contributed by atoms with Crippen molar-refractivity contribution in [1.29, 1.82) is 0 Å².